The second-order valence-corrected chi connectivity index (χ2v) is 11.1. The Kier molecular flexibility index (Phi) is 7.48. The number of hydrogen-bond donors (Lipinski definition) is 1. The van der Waals surface area contributed by atoms with Crippen LogP contribution in [0.15, 0.2) is 42.5 Å². The van der Waals surface area contributed by atoms with E-state index < -0.39 is 7.42 Å². The summed E-state index contributed by atoms with van der Waals surface area (Å²) in [7, 11) is -1.55. The van der Waals surface area contributed by atoms with Gasteiger partial charge in [0.05, 0.1) is 0 Å². The second kappa shape index (κ2) is 9.36. The maximum atomic E-state index is 9.79. The van der Waals surface area contributed by atoms with Gasteiger partial charge in [0.25, 0.3) is 0 Å². The molecule has 2 aromatic carbocycles. The highest BCUT2D eigenvalue weighted by Crippen LogP contribution is 2.29. The first-order valence-corrected chi connectivity index (χ1v) is 12.6. The van der Waals surface area contributed by atoms with Gasteiger partial charge in [-0.05, 0) is 66.1 Å². The number of phenols is 1. The molecule has 0 bridgehead atoms. The lowest BCUT2D eigenvalue weighted by atomic mass is 9.95. The van der Waals surface area contributed by atoms with E-state index in [2.05, 4.69) is 31.2 Å². The molecule has 0 radical (unpaired) electrons. The van der Waals surface area contributed by atoms with Gasteiger partial charge in [0.2, 0.25) is 7.42 Å². The monoisotopic (exact) mass is 366 g/mol. The molecule has 1 nitrogen and oxygen atoms in total. The van der Waals surface area contributed by atoms with Gasteiger partial charge in [-0.3, -0.25) is 0 Å². The molecule has 0 saturated heterocycles. The predicted octanol–water partition coefficient (Wildman–Crippen LogP) is 6.03. The van der Waals surface area contributed by atoms with Crippen molar-refractivity contribution in [1.29, 1.82) is 0 Å². The number of hydrogen-bond acceptors (Lipinski definition) is 1. The summed E-state index contributed by atoms with van der Waals surface area (Å²) in [6, 6.07) is 15.3. The smallest absolute Gasteiger partial charge is 0.237 e. The molecule has 0 saturated carbocycles. The molecular formula is C19H24Cl2OSi. The zero-order valence-corrected chi connectivity index (χ0v) is 16.2. The summed E-state index contributed by atoms with van der Waals surface area (Å²) in [5.41, 5.74) is 4.93. The highest BCUT2D eigenvalue weighted by molar-refractivity contribution is 7.33. The highest BCUT2D eigenvalue weighted by atomic mass is 35.7. The minimum atomic E-state index is -1.55. The number of phenolic OH excluding ortho intramolecular Hbond substituents is 1. The highest BCUT2D eigenvalue weighted by Gasteiger charge is 2.08. The normalized spacial score (nSPS) is 11.1. The maximum Gasteiger partial charge on any atom is 0.237 e. The Morgan fingerprint density at radius 1 is 0.957 bits per heavy atom. The molecule has 0 aliphatic heterocycles. The Balaban J connectivity index is 2.17. The molecule has 0 atom stereocenters. The predicted molar refractivity (Wildman–Crippen MR) is 104 cm³/mol. The molecule has 0 amide bonds. The van der Waals surface area contributed by atoms with Crippen LogP contribution in [0, 0.1) is 0 Å². The summed E-state index contributed by atoms with van der Waals surface area (Å²) in [5.74, 6) is 0.314. The van der Waals surface area contributed by atoms with Gasteiger partial charge in [-0.2, -0.15) is 22.2 Å². The third kappa shape index (κ3) is 5.87. The summed E-state index contributed by atoms with van der Waals surface area (Å²) in [6.07, 6.45) is 5.44. The van der Waals surface area contributed by atoms with E-state index in [-0.39, 0.29) is 0 Å². The first-order chi connectivity index (χ1) is 11.1. The lowest BCUT2D eigenvalue weighted by Crippen LogP contribution is -1.96. The van der Waals surface area contributed by atoms with Crippen LogP contribution >= 0.6 is 22.2 Å². The van der Waals surface area contributed by atoms with Crippen LogP contribution in [0.3, 0.4) is 0 Å². The number of aromatic hydroxyl groups is 1. The van der Waals surface area contributed by atoms with Crippen LogP contribution in [0.2, 0.25) is 6.04 Å². The Hall–Kier alpha value is -0.963. The van der Waals surface area contributed by atoms with Gasteiger partial charge in [0, 0.05) is 0 Å². The molecule has 2 aromatic rings. The molecule has 124 valence electrons. The van der Waals surface area contributed by atoms with Crippen molar-refractivity contribution >= 4 is 29.6 Å². The molecule has 23 heavy (non-hydrogen) atoms. The third-order valence-electron chi connectivity index (χ3n) is 4.04. The zero-order valence-electron chi connectivity index (χ0n) is 13.6. The maximum absolute atomic E-state index is 9.79. The Morgan fingerprint density at radius 3 is 2.35 bits per heavy atom. The molecule has 2 rings (SSSR count). The average Bonchev–Trinajstić information content (AvgIpc) is 2.53. The topological polar surface area (TPSA) is 20.2 Å². The van der Waals surface area contributed by atoms with Gasteiger partial charge in [0.15, 0.2) is 0 Å². The third-order valence-corrected chi connectivity index (χ3v) is 6.20. The Bertz CT molecular complexity index is 611. The van der Waals surface area contributed by atoms with Crippen molar-refractivity contribution in [2.24, 2.45) is 0 Å². The molecular weight excluding hydrogens is 343 g/mol. The van der Waals surface area contributed by atoms with Crippen molar-refractivity contribution in [3.05, 3.63) is 53.6 Å². The van der Waals surface area contributed by atoms with Gasteiger partial charge in [-0.15, -0.1) is 0 Å². The summed E-state index contributed by atoms with van der Waals surface area (Å²) in [6.45, 7) is 2.21. The van der Waals surface area contributed by atoms with E-state index in [1.807, 2.05) is 12.1 Å². The Morgan fingerprint density at radius 2 is 1.70 bits per heavy atom. The fourth-order valence-corrected chi connectivity index (χ4v) is 4.19. The van der Waals surface area contributed by atoms with Crippen molar-refractivity contribution in [2.45, 2.75) is 45.1 Å². The summed E-state index contributed by atoms with van der Waals surface area (Å²) in [5, 5.41) is 9.79. The van der Waals surface area contributed by atoms with E-state index in [9.17, 15) is 5.11 Å². The fraction of sp³-hybridized carbons (Fsp3) is 0.368. The van der Waals surface area contributed by atoms with E-state index in [0.717, 1.165) is 30.9 Å². The van der Waals surface area contributed by atoms with Gasteiger partial charge in [-0.1, -0.05) is 43.7 Å². The van der Waals surface area contributed by atoms with Gasteiger partial charge in [-0.25, -0.2) is 0 Å². The van der Waals surface area contributed by atoms with E-state index in [4.69, 9.17) is 22.2 Å². The molecule has 0 fully saturated rings. The van der Waals surface area contributed by atoms with Crippen LogP contribution in [0.25, 0.3) is 11.1 Å². The van der Waals surface area contributed by atoms with Crippen LogP contribution < -0.4 is 0 Å². The first-order valence-electron chi connectivity index (χ1n) is 8.29. The molecule has 1 N–H and O–H groups in total. The first kappa shape index (κ1) is 18.4. The standard InChI is InChI=1S/C19H24Cl2OSi/c1-2-3-5-15-7-9-16(10-8-15)19-12-11-18(22)14-17(19)6-4-13-23(20)21/h7-12,14,22-23H,2-6,13H2,1H3. The summed E-state index contributed by atoms with van der Waals surface area (Å²) >= 11 is 11.9. The Labute approximate surface area is 150 Å². The molecule has 0 unspecified atom stereocenters. The van der Waals surface area contributed by atoms with E-state index in [0.29, 0.717) is 5.75 Å². The molecule has 0 aliphatic rings. The van der Waals surface area contributed by atoms with Crippen LogP contribution in [0.5, 0.6) is 5.75 Å². The van der Waals surface area contributed by atoms with E-state index in [1.165, 1.54) is 29.5 Å². The van der Waals surface area contributed by atoms with Crippen LogP contribution in [0.4, 0.5) is 0 Å². The van der Waals surface area contributed by atoms with E-state index >= 15 is 0 Å². The molecule has 0 spiro atoms. The second-order valence-electron chi connectivity index (χ2n) is 5.93. The number of rotatable bonds is 8. The van der Waals surface area contributed by atoms with Gasteiger partial charge < -0.3 is 5.11 Å². The molecule has 4 heteroatoms. The van der Waals surface area contributed by atoms with Crippen LogP contribution in [0.1, 0.15) is 37.3 Å². The number of unbranched alkanes of at least 4 members (excludes halogenated alkanes) is 1. The van der Waals surface area contributed by atoms with Gasteiger partial charge in [0.1, 0.15) is 5.75 Å². The lowest BCUT2D eigenvalue weighted by Gasteiger charge is -2.11. The van der Waals surface area contributed by atoms with Crippen LogP contribution in [-0.2, 0) is 12.8 Å². The van der Waals surface area contributed by atoms with Crippen molar-refractivity contribution < 1.29 is 5.11 Å². The quantitative estimate of drug-likeness (QED) is 0.446. The number of aryl methyl sites for hydroxylation is 2. The lowest BCUT2D eigenvalue weighted by molar-refractivity contribution is 0.474. The van der Waals surface area contributed by atoms with Crippen molar-refractivity contribution in [1.82, 2.24) is 0 Å². The molecule has 0 aromatic heterocycles. The largest absolute Gasteiger partial charge is 0.508 e. The van der Waals surface area contributed by atoms with Crippen LogP contribution in [-0.4, -0.2) is 12.5 Å². The zero-order chi connectivity index (χ0) is 16.7. The fourth-order valence-electron chi connectivity index (χ4n) is 2.75. The van der Waals surface area contributed by atoms with Crippen molar-refractivity contribution in [3.8, 4) is 16.9 Å². The van der Waals surface area contributed by atoms with Gasteiger partial charge >= 0.3 is 0 Å². The van der Waals surface area contributed by atoms with Crippen molar-refractivity contribution in [3.63, 3.8) is 0 Å². The number of benzene rings is 2. The number of halogens is 2. The van der Waals surface area contributed by atoms with E-state index in [1.54, 1.807) is 6.07 Å². The SMILES string of the molecule is CCCCc1ccc(-c2ccc(O)cc2CCC[SiH](Cl)Cl)cc1. The summed E-state index contributed by atoms with van der Waals surface area (Å²) < 4.78 is 0. The molecule has 0 aliphatic carbocycles. The minimum Gasteiger partial charge on any atom is -0.508 e. The average molecular weight is 367 g/mol. The minimum absolute atomic E-state index is 0.314. The molecule has 0 heterocycles. The summed E-state index contributed by atoms with van der Waals surface area (Å²) in [4.78, 5) is 0. The van der Waals surface area contributed by atoms with Crippen molar-refractivity contribution in [2.75, 3.05) is 0 Å².